The van der Waals surface area contributed by atoms with E-state index in [0.717, 1.165) is 13.2 Å². The molecule has 0 aliphatic carbocycles. The Labute approximate surface area is 124 Å². The van der Waals surface area contributed by atoms with Crippen LogP contribution in [0.3, 0.4) is 0 Å². The van der Waals surface area contributed by atoms with E-state index in [0.29, 0.717) is 6.10 Å². The quantitative estimate of drug-likeness (QED) is 0.652. The standard InChI is InChI=1S/C19H17NO/c1-3-7-15(8-4-1)18-11-12-19(16-9-5-2-6-10-16)20(18)13-17-14-21-17/h1-12,17H,13-14H2/t17-/m0/s1. The van der Waals surface area contributed by atoms with Crippen LogP contribution in [0, 0.1) is 0 Å². The molecule has 104 valence electrons. The summed E-state index contributed by atoms with van der Waals surface area (Å²) in [4.78, 5) is 0. The maximum absolute atomic E-state index is 5.44. The Kier molecular flexibility index (Phi) is 3.09. The Morgan fingerprint density at radius 1 is 0.762 bits per heavy atom. The first kappa shape index (κ1) is 12.4. The highest BCUT2D eigenvalue weighted by Crippen LogP contribution is 2.30. The van der Waals surface area contributed by atoms with Gasteiger partial charge in [-0.1, -0.05) is 60.7 Å². The number of nitrogens with zero attached hydrogens (tertiary/aromatic N) is 1. The maximum atomic E-state index is 5.44. The number of hydrogen-bond acceptors (Lipinski definition) is 1. The molecule has 0 saturated carbocycles. The molecule has 0 N–H and O–H groups in total. The van der Waals surface area contributed by atoms with Gasteiger partial charge in [0, 0.05) is 11.4 Å². The van der Waals surface area contributed by atoms with Crippen molar-refractivity contribution in [1.29, 1.82) is 0 Å². The fourth-order valence-electron chi connectivity index (χ4n) is 2.76. The molecule has 1 aliphatic heterocycles. The minimum atomic E-state index is 0.363. The summed E-state index contributed by atoms with van der Waals surface area (Å²) in [6.07, 6.45) is 0.363. The van der Waals surface area contributed by atoms with Crippen molar-refractivity contribution in [2.45, 2.75) is 12.6 Å². The van der Waals surface area contributed by atoms with Gasteiger partial charge in [0.2, 0.25) is 0 Å². The molecule has 1 fully saturated rings. The minimum absolute atomic E-state index is 0.363. The molecule has 0 unspecified atom stereocenters. The molecule has 1 atom stereocenters. The van der Waals surface area contributed by atoms with Crippen LogP contribution >= 0.6 is 0 Å². The van der Waals surface area contributed by atoms with Gasteiger partial charge >= 0.3 is 0 Å². The lowest BCUT2D eigenvalue weighted by atomic mass is 10.1. The third kappa shape index (κ3) is 2.50. The molecule has 0 radical (unpaired) electrons. The second-order valence-electron chi connectivity index (χ2n) is 5.40. The molecule has 1 aliphatic rings. The molecule has 4 rings (SSSR count). The number of benzene rings is 2. The molecular formula is C19H17NO. The Balaban J connectivity index is 1.82. The summed E-state index contributed by atoms with van der Waals surface area (Å²) in [5.74, 6) is 0. The molecule has 2 nitrogen and oxygen atoms in total. The van der Waals surface area contributed by atoms with Gasteiger partial charge in [-0.2, -0.15) is 0 Å². The van der Waals surface area contributed by atoms with Gasteiger partial charge in [-0.25, -0.2) is 0 Å². The lowest BCUT2D eigenvalue weighted by Crippen LogP contribution is -2.07. The normalized spacial score (nSPS) is 16.9. The van der Waals surface area contributed by atoms with Crippen LogP contribution in [0.4, 0.5) is 0 Å². The van der Waals surface area contributed by atoms with Crippen LogP contribution in [0.1, 0.15) is 0 Å². The van der Waals surface area contributed by atoms with Crippen LogP contribution in [0.15, 0.2) is 72.8 Å². The van der Waals surface area contributed by atoms with Crippen molar-refractivity contribution in [2.75, 3.05) is 6.61 Å². The van der Waals surface area contributed by atoms with Crippen molar-refractivity contribution in [1.82, 2.24) is 4.57 Å². The largest absolute Gasteiger partial charge is 0.371 e. The van der Waals surface area contributed by atoms with Gasteiger partial charge in [0.1, 0.15) is 0 Å². The Morgan fingerprint density at radius 2 is 1.24 bits per heavy atom. The second kappa shape index (κ2) is 5.23. The third-order valence-corrected chi connectivity index (χ3v) is 3.91. The number of hydrogen-bond donors (Lipinski definition) is 0. The number of rotatable bonds is 4. The zero-order valence-electron chi connectivity index (χ0n) is 11.8. The third-order valence-electron chi connectivity index (χ3n) is 3.91. The van der Waals surface area contributed by atoms with E-state index in [4.69, 9.17) is 4.74 Å². The van der Waals surface area contributed by atoms with Gasteiger partial charge < -0.3 is 9.30 Å². The smallest absolute Gasteiger partial charge is 0.0988 e. The maximum Gasteiger partial charge on any atom is 0.0988 e. The van der Waals surface area contributed by atoms with Crippen LogP contribution < -0.4 is 0 Å². The van der Waals surface area contributed by atoms with Gasteiger partial charge in [-0.3, -0.25) is 0 Å². The molecule has 2 heteroatoms. The van der Waals surface area contributed by atoms with Crippen molar-refractivity contribution in [3.8, 4) is 22.5 Å². The molecular weight excluding hydrogens is 258 g/mol. The summed E-state index contributed by atoms with van der Waals surface area (Å²) in [7, 11) is 0. The highest BCUT2D eigenvalue weighted by atomic mass is 16.6. The zero-order chi connectivity index (χ0) is 14.1. The van der Waals surface area contributed by atoms with Gasteiger partial charge in [-0.05, 0) is 23.3 Å². The first-order valence-corrected chi connectivity index (χ1v) is 7.34. The molecule has 21 heavy (non-hydrogen) atoms. The van der Waals surface area contributed by atoms with E-state index in [1.165, 1.54) is 22.5 Å². The van der Waals surface area contributed by atoms with Crippen molar-refractivity contribution in [2.24, 2.45) is 0 Å². The van der Waals surface area contributed by atoms with Gasteiger partial charge in [-0.15, -0.1) is 0 Å². The average molecular weight is 275 g/mol. The predicted molar refractivity (Wildman–Crippen MR) is 85.0 cm³/mol. The van der Waals surface area contributed by atoms with Crippen molar-refractivity contribution < 1.29 is 4.74 Å². The Bertz CT molecular complexity index is 670. The van der Waals surface area contributed by atoms with E-state index in [1.54, 1.807) is 0 Å². The lowest BCUT2D eigenvalue weighted by molar-refractivity contribution is 0.385. The summed E-state index contributed by atoms with van der Waals surface area (Å²) < 4.78 is 7.82. The van der Waals surface area contributed by atoms with Crippen LogP contribution in [-0.4, -0.2) is 17.3 Å². The first-order chi connectivity index (χ1) is 10.4. The molecule has 0 bridgehead atoms. The van der Waals surface area contributed by atoms with Gasteiger partial charge in [0.05, 0.1) is 19.3 Å². The SMILES string of the molecule is c1ccc(-c2ccc(-c3ccccc3)n2C[C@H]2CO2)cc1. The summed E-state index contributed by atoms with van der Waals surface area (Å²) in [6.45, 7) is 1.79. The molecule has 2 aromatic carbocycles. The summed E-state index contributed by atoms with van der Waals surface area (Å²) in [6, 6.07) is 25.5. The second-order valence-corrected chi connectivity index (χ2v) is 5.40. The van der Waals surface area contributed by atoms with Crippen LogP contribution in [0.2, 0.25) is 0 Å². The molecule has 0 amide bonds. The number of ether oxygens (including phenoxy) is 1. The molecule has 1 saturated heterocycles. The van der Waals surface area contributed by atoms with Gasteiger partial charge in [0.15, 0.2) is 0 Å². The van der Waals surface area contributed by atoms with Crippen LogP contribution in [0.25, 0.3) is 22.5 Å². The molecule has 1 aromatic heterocycles. The Morgan fingerprint density at radius 3 is 1.67 bits per heavy atom. The van der Waals surface area contributed by atoms with E-state index in [-0.39, 0.29) is 0 Å². The molecule has 2 heterocycles. The predicted octanol–water partition coefficient (Wildman–Crippen LogP) is 4.22. The minimum Gasteiger partial charge on any atom is -0.371 e. The van der Waals surface area contributed by atoms with Gasteiger partial charge in [0.25, 0.3) is 0 Å². The van der Waals surface area contributed by atoms with E-state index < -0.39 is 0 Å². The van der Waals surface area contributed by atoms with Crippen molar-refractivity contribution >= 4 is 0 Å². The average Bonchev–Trinajstić information content (AvgIpc) is 3.27. The highest BCUT2D eigenvalue weighted by molar-refractivity contribution is 5.69. The van der Waals surface area contributed by atoms with E-state index in [9.17, 15) is 0 Å². The van der Waals surface area contributed by atoms with E-state index >= 15 is 0 Å². The van der Waals surface area contributed by atoms with Crippen molar-refractivity contribution in [3.63, 3.8) is 0 Å². The highest BCUT2D eigenvalue weighted by Gasteiger charge is 2.25. The zero-order valence-corrected chi connectivity index (χ0v) is 11.8. The Hall–Kier alpha value is -2.32. The fraction of sp³-hybridized carbons (Fsp3) is 0.158. The first-order valence-electron chi connectivity index (χ1n) is 7.34. The summed E-state index contributed by atoms with van der Waals surface area (Å²) in [5, 5.41) is 0. The fourth-order valence-corrected chi connectivity index (χ4v) is 2.76. The molecule has 3 aromatic rings. The van der Waals surface area contributed by atoms with Crippen molar-refractivity contribution in [3.05, 3.63) is 72.8 Å². The van der Waals surface area contributed by atoms with E-state index in [1.807, 2.05) is 0 Å². The topological polar surface area (TPSA) is 17.5 Å². The number of aromatic nitrogens is 1. The van der Waals surface area contributed by atoms with Crippen LogP contribution in [-0.2, 0) is 11.3 Å². The van der Waals surface area contributed by atoms with E-state index in [2.05, 4.69) is 77.4 Å². The summed E-state index contributed by atoms with van der Waals surface area (Å²) in [5.41, 5.74) is 5.01. The summed E-state index contributed by atoms with van der Waals surface area (Å²) >= 11 is 0. The number of epoxide rings is 1. The molecule has 0 spiro atoms. The van der Waals surface area contributed by atoms with Crippen LogP contribution in [0.5, 0.6) is 0 Å². The monoisotopic (exact) mass is 275 g/mol. The lowest BCUT2D eigenvalue weighted by Gasteiger charge is -2.13.